The quantitative estimate of drug-likeness (QED) is 0.633. The zero-order valence-electron chi connectivity index (χ0n) is 13.6. The Labute approximate surface area is 152 Å². The van der Waals surface area contributed by atoms with E-state index in [9.17, 15) is 4.79 Å². The minimum Gasteiger partial charge on any atom is -0.331 e. The number of hydrogen-bond acceptors (Lipinski definition) is 4. The van der Waals surface area contributed by atoms with Crippen molar-refractivity contribution >= 4 is 50.5 Å². The van der Waals surface area contributed by atoms with Gasteiger partial charge in [-0.15, -0.1) is 0 Å². The number of benzene rings is 1. The highest BCUT2D eigenvalue weighted by Gasteiger charge is 2.10. The Bertz CT molecular complexity index is 863. The molecule has 0 unspecified atom stereocenters. The first-order valence-electron chi connectivity index (χ1n) is 7.44. The lowest BCUT2D eigenvalue weighted by atomic mass is 10.1. The zero-order valence-corrected chi connectivity index (χ0v) is 16.0. The van der Waals surface area contributed by atoms with E-state index in [1.807, 2.05) is 39.0 Å². The molecule has 0 aliphatic carbocycles. The number of imidazole rings is 1. The third-order valence-electron chi connectivity index (χ3n) is 3.43. The fourth-order valence-corrected chi connectivity index (χ4v) is 3.42. The van der Waals surface area contributed by atoms with E-state index in [2.05, 4.69) is 42.3 Å². The number of pyridine rings is 1. The average Bonchev–Trinajstić information content (AvgIpc) is 2.86. The standard InChI is InChI=1S/C17H17BrN4OS/c1-9-4-10(2)6-12(5-9)20-15(23)8-24-17-21-14-7-13(18)11(3)19-16(14)22-17/h4-7H,8H2,1-3H3,(H,20,23)(H,19,21,22). The molecule has 0 spiro atoms. The summed E-state index contributed by atoms with van der Waals surface area (Å²) in [5, 5.41) is 3.61. The van der Waals surface area contributed by atoms with E-state index in [0.717, 1.165) is 32.5 Å². The number of rotatable bonds is 4. The van der Waals surface area contributed by atoms with Crippen molar-refractivity contribution in [3.63, 3.8) is 0 Å². The Morgan fingerprint density at radius 2 is 1.88 bits per heavy atom. The molecule has 7 heteroatoms. The van der Waals surface area contributed by atoms with E-state index in [1.165, 1.54) is 11.8 Å². The Morgan fingerprint density at radius 1 is 1.17 bits per heavy atom. The summed E-state index contributed by atoms with van der Waals surface area (Å²) in [7, 11) is 0. The maximum atomic E-state index is 12.1. The van der Waals surface area contributed by atoms with E-state index < -0.39 is 0 Å². The fourth-order valence-electron chi connectivity index (χ4n) is 2.43. The lowest BCUT2D eigenvalue weighted by Crippen LogP contribution is -2.14. The second-order valence-electron chi connectivity index (χ2n) is 5.68. The van der Waals surface area contributed by atoms with Crippen LogP contribution in [0.2, 0.25) is 0 Å². The molecule has 2 heterocycles. The van der Waals surface area contributed by atoms with Gasteiger partial charge in [-0.05, 0) is 66.0 Å². The molecule has 0 bridgehead atoms. The van der Waals surface area contributed by atoms with Crippen molar-refractivity contribution in [1.82, 2.24) is 15.0 Å². The molecule has 2 N–H and O–H groups in total. The third kappa shape index (κ3) is 3.96. The molecule has 3 aromatic rings. The summed E-state index contributed by atoms with van der Waals surface area (Å²) in [6, 6.07) is 7.94. The Balaban J connectivity index is 1.65. The first-order valence-corrected chi connectivity index (χ1v) is 9.22. The molecule has 24 heavy (non-hydrogen) atoms. The maximum Gasteiger partial charge on any atom is 0.234 e. The summed E-state index contributed by atoms with van der Waals surface area (Å²) in [5.74, 6) is 0.225. The molecule has 0 aliphatic rings. The Hall–Kier alpha value is -1.86. The number of aromatic amines is 1. The van der Waals surface area contributed by atoms with Gasteiger partial charge in [-0.2, -0.15) is 0 Å². The summed E-state index contributed by atoms with van der Waals surface area (Å²) in [4.78, 5) is 24.1. The molecule has 0 saturated carbocycles. The fraction of sp³-hybridized carbons (Fsp3) is 0.235. The molecule has 0 radical (unpaired) electrons. The van der Waals surface area contributed by atoms with Crippen LogP contribution in [0.25, 0.3) is 11.2 Å². The molecular formula is C17H17BrN4OS. The lowest BCUT2D eigenvalue weighted by Gasteiger charge is -2.06. The van der Waals surface area contributed by atoms with Gasteiger partial charge in [-0.25, -0.2) is 9.97 Å². The molecule has 0 saturated heterocycles. The summed E-state index contributed by atoms with van der Waals surface area (Å²) in [6.07, 6.45) is 0. The van der Waals surface area contributed by atoms with Crippen LogP contribution in [0, 0.1) is 20.8 Å². The maximum absolute atomic E-state index is 12.1. The zero-order chi connectivity index (χ0) is 17.3. The second kappa shape index (κ2) is 6.94. The van der Waals surface area contributed by atoms with Crippen LogP contribution in [0.4, 0.5) is 5.69 Å². The highest BCUT2D eigenvalue weighted by Crippen LogP contribution is 2.23. The topological polar surface area (TPSA) is 70.7 Å². The number of aromatic nitrogens is 3. The van der Waals surface area contributed by atoms with Crippen LogP contribution >= 0.6 is 27.7 Å². The van der Waals surface area contributed by atoms with Gasteiger partial charge >= 0.3 is 0 Å². The SMILES string of the molecule is Cc1cc(C)cc(NC(=O)CSc2nc3nc(C)c(Br)cc3[nH]2)c1. The minimum absolute atomic E-state index is 0.0595. The van der Waals surface area contributed by atoms with E-state index in [1.54, 1.807) is 0 Å². The van der Waals surface area contributed by atoms with Crippen LogP contribution in [-0.2, 0) is 4.79 Å². The average molecular weight is 405 g/mol. The molecule has 1 amide bonds. The van der Waals surface area contributed by atoms with Crippen molar-refractivity contribution < 1.29 is 4.79 Å². The number of carbonyl (C=O) groups is 1. The van der Waals surface area contributed by atoms with Crippen LogP contribution in [0.5, 0.6) is 0 Å². The third-order valence-corrected chi connectivity index (χ3v) is 5.10. The van der Waals surface area contributed by atoms with E-state index in [-0.39, 0.29) is 11.7 Å². The molecule has 5 nitrogen and oxygen atoms in total. The molecule has 3 rings (SSSR count). The molecule has 0 aliphatic heterocycles. The summed E-state index contributed by atoms with van der Waals surface area (Å²) in [5.41, 5.74) is 5.48. The van der Waals surface area contributed by atoms with E-state index in [4.69, 9.17) is 0 Å². The van der Waals surface area contributed by atoms with Crippen LogP contribution in [0.15, 0.2) is 33.9 Å². The van der Waals surface area contributed by atoms with Crippen LogP contribution in [0.1, 0.15) is 16.8 Å². The number of carbonyl (C=O) groups excluding carboxylic acids is 1. The molecule has 0 atom stereocenters. The number of fused-ring (bicyclic) bond motifs is 1. The van der Waals surface area contributed by atoms with Crippen LogP contribution in [0.3, 0.4) is 0 Å². The van der Waals surface area contributed by atoms with Gasteiger partial charge < -0.3 is 10.3 Å². The molecular weight excluding hydrogens is 388 g/mol. The van der Waals surface area contributed by atoms with Gasteiger partial charge in [0.15, 0.2) is 10.8 Å². The number of halogens is 1. The van der Waals surface area contributed by atoms with Crippen molar-refractivity contribution in [2.45, 2.75) is 25.9 Å². The number of H-pyrrole nitrogens is 1. The summed E-state index contributed by atoms with van der Waals surface area (Å²) >= 11 is 4.81. The first kappa shape index (κ1) is 17.0. The van der Waals surface area contributed by atoms with Crippen LogP contribution < -0.4 is 5.32 Å². The molecule has 0 fully saturated rings. The van der Waals surface area contributed by atoms with Gasteiger partial charge in [-0.3, -0.25) is 4.79 Å². The van der Waals surface area contributed by atoms with Gasteiger partial charge in [0.05, 0.1) is 17.0 Å². The monoisotopic (exact) mass is 404 g/mol. The van der Waals surface area contributed by atoms with Gasteiger partial charge in [0.25, 0.3) is 0 Å². The van der Waals surface area contributed by atoms with Gasteiger partial charge in [0, 0.05) is 10.2 Å². The van der Waals surface area contributed by atoms with Crippen molar-refractivity contribution in [2.24, 2.45) is 0 Å². The first-order chi connectivity index (χ1) is 11.4. The molecule has 1 aromatic carbocycles. The van der Waals surface area contributed by atoms with Crippen molar-refractivity contribution in [3.05, 3.63) is 45.6 Å². The number of nitrogens with one attached hydrogen (secondary N) is 2. The van der Waals surface area contributed by atoms with Gasteiger partial charge in [-0.1, -0.05) is 17.8 Å². The van der Waals surface area contributed by atoms with Crippen molar-refractivity contribution in [3.8, 4) is 0 Å². The number of nitrogens with zero attached hydrogens (tertiary/aromatic N) is 2. The smallest absolute Gasteiger partial charge is 0.234 e. The van der Waals surface area contributed by atoms with Gasteiger partial charge in [0.2, 0.25) is 5.91 Å². The van der Waals surface area contributed by atoms with Crippen molar-refractivity contribution in [1.29, 1.82) is 0 Å². The Kier molecular flexibility index (Phi) is 4.91. The minimum atomic E-state index is -0.0595. The van der Waals surface area contributed by atoms with Crippen LogP contribution in [-0.4, -0.2) is 26.6 Å². The summed E-state index contributed by atoms with van der Waals surface area (Å²) in [6.45, 7) is 5.94. The van der Waals surface area contributed by atoms with E-state index >= 15 is 0 Å². The predicted octanol–water partition coefficient (Wildman–Crippen LogP) is 4.38. The molecule has 124 valence electrons. The molecule has 2 aromatic heterocycles. The Morgan fingerprint density at radius 3 is 2.58 bits per heavy atom. The number of hydrogen-bond donors (Lipinski definition) is 2. The number of aryl methyl sites for hydroxylation is 3. The second-order valence-corrected chi connectivity index (χ2v) is 7.50. The highest BCUT2D eigenvalue weighted by molar-refractivity contribution is 9.10. The van der Waals surface area contributed by atoms with E-state index in [0.29, 0.717) is 10.8 Å². The predicted molar refractivity (Wildman–Crippen MR) is 102 cm³/mol. The number of thioether (sulfide) groups is 1. The lowest BCUT2D eigenvalue weighted by molar-refractivity contribution is -0.113. The number of anilines is 1. The normalized spacial score (nSPS) is 11.0. The summed E-state index contributed by atoms with van der Waals surface area (Å²) < 4.78 is 0.933. The van der Waals surface area contributed by atoms with Crippen molar-refractivity contribution in [2.75, 3.05) is 11.1 Å². The largest absolute Gasteiger partial charge is 0.331 e. The number of amides is 1. The van der Waals surface area contributed by atoms with Gasteiger partial charge in [0.1, 0.15) is 0 Å². The highest BCUT2D eigenvalue weighted by atomic mass is 79.9.